The summed E-state index contributed by atoms with van der Waals surface area (Å²) in [5.74, 6) is -5.26. The summed E-state index contributed by atoms with van der Waals surface area (Å²) in [7, 11) is 2.33. The number of aromatic hydroxyl groups is 1. The van der Waals surface area contributed by atoms with Crippen LogP contribution in [0.1, 0.15) is 52.7 Å². The number of nitrogens with two attached hydrogens (primary N) is 2. The minimum absolute atomic E-state index is 0.0395. The van der Waals surface area contributed by atoms with Gasteiger partial charge in [-0.15, -0.1) is 0 Å². The van der Waals surface area contributed by atoms with Gasteiger partial charge in [0.1, 0.15) is 29.9 Å². The Morgan fingerprint density at radius 1 is 0.873 bits per heavy atom. The first-order valence-electron chi connectivity index (χ1n) is 17.7. The zero-order valence-electron chi connectivity index (χ0n) is 31.8. The molecule has 3 rings (SSSR count). The summed E-state index contributed by atoms with van der Waals surface area (Å²) in [5, 5.41) is 25.5. The van der Waals surface area contributed by atoms with Crippen molar-refractivity contribution in [3.05, 3.63) is 65.7 Å². The molecule has 1 heterocycles. The molecule has 0 unspecified atom stereocenters. The predicted octanol–water partition coefficient (Wildman–Crippen LogP) is -0.230. The third-order valence-corrected chi connectivity index (χ3v) is 13.0. The fraction of sp³-hybridized carbons (Fsp3) is 0.486. The van der Waals surface area contributed by atoms with Gasteiger partial charge in [-0.25, -0.2) is 0 Å². The van der Waals surface area contributed by atoms with Crippen LogP contribution in [-0.2, 0) is 46.4 Å². The first kappa shape index (κ1) is 44.6. The number of amides is 7. The molecule has 2 aromatic carbocycles. The number of nitrogens with one attached hydrogen (secondary N) is 6. The summed E-state index contributed by atoms with van der Waals surface area (Å²) in [4.78, 5) is 93.2. The lowest BCUT2D eigenvalue weighted by atomic mass is 9.98. The van der Waals surface area contributed by atoms with Gasteiger partial charge in [0, 0.05) is 15.9 Å². The second-order valence-corrected chi connectivity index (χ2v) is 18.1. The molecule has 5 atom stereocenters. The second kappa shape index (κ2) is 19.7. The van der Waals surface area contributed by atoms with Gasteiger partial charge < -0.3 is 48.5 Å². The van der Waals surface area contributed by atoms with Crippen LogP contribution in [0.15, 0.2) is 54.6 Å². The van der Waals surface area contributed by atoms with Gasteiger partial charge in [0.05, 0.1) is 19.1 Å². The van der Waals surface area contributed by atoms with Crippen LogP contribution in [-0.4, -0.2) is 99.2 Å². The van der Waals surface area contributed by atoms with Gasteiger partial charge in [0.15, 0.2) is 0 Å². The third kappa shape index (κ3) is 13.5. The monoisotopic (exact) mass is 800 g/mol. The van der Waals surface area contributed by atoms with Crippen LogP contribution in [0.5, 0.6) is 5.75 Å². The minimum Gasteiger partial charge on any atom is -0.508 e. The summed E-state index contributed by atoms with van der Waals surface area (Å²) in [6.45, 7) is 9.19. The van der Waals surface area contributed by atoms with Crippen LogP contribution < -0.4 is 43.4 Å². The quantitative estimate of drug-likeness (QED) is 0.127. The Labute approximate surface area is 328 Å². The smallest absolute Gasteiger partial charge is 0.244 e. The minimum atomic E-state index is -1.32. The normalized spacial score (nSPS) is 21.4. The van der Waals surface area contributed by atoms with Crippen molar-refractivity contribution in [2.75, 3.05) is 13.1 Å². The Kier molecular flexibility index (Phi) is 16.0. The average molecular weight is 801 g/mol. The van der Waals surface area contributed by atoms with E-state index in [4.69, 9.17) is 11.5 Å². The maximum Gasteiger partial charge on any atom is 0.244 e. The summed E-state index contributed by atoms with van der Waals surface area (Å²) in [6.07, 6.45) is 0.146. The van der Waals surface area contributed by atoms with Gasteiger partial charge >= 0.3 is 0 Å². The number of phenolic OH excluding ortho intramolecular Hbond substituents is 1. The van der Waals surface area contributed by atoms with E-state index in [0.29, 0.717) is 11.1 Å². The molecule has 1 aliphatic rings. The van der Waals surface area contributed by atoms with Gasteiger partial charge in [-0.3, -0.25) is 33.6 Å². The number of hydrogen-bond donors (Lipinski definition) is 9. The standard InChI is InChI=1S/C37H52N8O8S2/c1-20(2)28(33(51)40-18-26(39)47)43-35(53)30-37(5,6)55-54-36(3,4)29(44-31(49)24(38)16-22-12-14-23(46)15-13-22)34(52)41-19-27(48)42-25(32(50)45-30)17-21-10-8-7-9-11-21/h7-15,20,24-25,28-30,46H,16-19,38H2,1-6H3,(H2,39,47)(H,40,51)(H,41,52)(H,42,48)(H,43,53)(H,44,49)(H,45,50)/t24-,25-,28-,29-,30+/m0/s1. The van der Waals surface area contributed by atoms with E-state index >= 15 is 0 Å². The maximum absolute atomic E-state index is 14.2. The van der Waals surface area contributed by atoms with Crippen molar-refractivity contribution >= 4 is 62.9 Å². The topological polar surface area (TPSA) is 264 Å². The predicted molar refractivity (Wildman–Crippen MR) is 211 cm³/mol. The molecule has 18 heteroatoms. The summed E-state index contributed by atoms with van der Waals surface area (Å²) in [5.41, 5.74) is 12.8. The van der Waals surface area contributed by atoms with Crippen LogP contribution in [0, 0.1) is 5.92 Å². The molecule has 0 saturated carbocycles. The molecule has 7 amide bonds. The van der Waals surface area contributed by atoms with E-state index in [2.05, 4.69) is 31.9 Å². The highest BCUT2D eigenvalue weighted by Gasteiger charge is 2.45. The molecule has 1 saturated heterocycles. The lowest BCUT2D eigenvalue weighted by molar-refractivity contribution is -0.135. The maximum atomic E-state index is 14.2. The number of hydrogen-bond acceptors (Lipinski definition) is 11. The van der Waals surface area contributed by atoms with Crippen molar-refractivity contribution in [1.82, 2.24) is 31.9 Å². The molecule has 2 aromatic rings. The van der Waals surface area contributed by atoms with E-state index in [1.807, 2.05) is 0 Å². The Morgan fingerprint density at radius 2 is 1.49 bits per heavy atom. The fourth-order valence-corrected chi connectivity index (χ4v) is 8.34. The molecule has 1 fully saturated rings. The Morgan fingerprint density at radius 3 is 2.09 bits per heavy atom. The van der Waals surface area contributed by atoms with Gasteiger partial charge in [-0.05, 0) is 63.3 Å². The van der Waals surface area contributed by atoms with Gasteiger partial charge in [-0.2, -0.15) is 0 Å². The fourth-order valence-electron chi connectivity index (χ4n) is 5.52. The lowest BCUT2D eigenvalue weighted by Crippen LogP contribution is -2.64. The Hall–Kier alpha value is -4.81. The van der Waals surface area contributed by atoms with Crippen molar-refractivity contribution < 1.29 is 38.7 Å². The molecular weight excluding hydrogens is 749 g/mol. The first-order valence-corrected chi connectivity index (χ1v) is 19.8. The molecule has 0 bridgehead atoms. The Bertz CT molecular complexity index is 1710. The van der Waals surface area contributed by atoms with Crippen LogP contribution in [0.2, 0.25) is 0 Å². The summed E-state index contributed by atoms with van der Waals surface area (Å²) in [6, 6.07) is 9.13. The lowest BCUT2D eigenvalue weighted by Gasteiger charge is -2.39. The number of benzene rings is 2. The van der Waals surface area contributed by atoms with Gasteiger partial charge in [0.25, 0.3) is 0 Å². The largest absolute Gasteiger partial charge is 0.508 e. The van der Waals surface area contributed by atoms with Crippen molar-refractivity contribution in [3.8, 4) is 5.75 Å². The molecule has 0 spiro atoms. The zero-order chi connectivity index (χ0) is 41.1. The van der Waals surface area contributed by atoms with Crippen LogP contribution in [0.3, 0.4) is 0 Å². The molecule has 0 aliphatic carbocycles. The van der Waals surface area contributed by atoms with E-state index in [1.54, 1.807) is 84.0 Å². The number of carbonyl (C=O) groups is 7. The molecule has 0 radical (unpaired) electrons. The SMILES string of the molecule is CC(C)[C@H](NC(=O)[C@H]1NC(=O)[C@H](Cc2ccccc2)NC(=O)CNC(=O)[C@H](NC(=O)[C@@H](N)Cc2ccc(O)cc2)C(C)(C)SSC1(C)C)C(=O)NCC(N)=O. The molecule has 16 nitrogen and oxygen atoms in total. The number of carbonyl (C=O) groups excluding carboxylic acids is 7. The van der Waals surface area contributed by atoms with Crippen molar-refractivity contribution in [2.45, 2.75) is 94.1 Å². The third-order valence-electron chi connectivity index (χ3n) is 8.73. The van der Waals surface area contributed by atoms with Crippen LogP contribution >= 0.6 is 21.6 Å². The van der Waals surface area contributed by atoms with E-state index in [-0.39, 0.29) is 18.6 Å². The summed E-state index contributed by atoms with van der Waals surface area (Å²) < 4.78 is -2.28. The highest BCUT2D eigenvalue weighted by atomic mass is 33.1. The first-order chi connectivity index (χ1) is 25.7. The molecule has 11 N–H and O–H groups in total. The Balaban J connectivity index is 2.00. The van der Waals surface area contributed by atoms with Crippen molar-refractivity contribution in [3.63, 3.8) is 0 Å². The summed E-state index contributed by atoms with van der Waals surface area (Å²) >= 11 is 0. The van der Waals surface area contributed by atoms with E-state index < -0.39 is 100 Å². The van der Waals surface area contributed by atoms with Crippen molar-refractivity contribution in [2.24, 2.45) is 17.4 Å². The number of phenols is 1. The molecule has 300 valence electrons. The van der Waals surface area contributed by atoms with Crippen molar-refractivity contribution in [1.29, 1.82) is 0 Å². The zero-order valence-corrected chi connectivity index (χ0v) is 33.4. The molecule has 1 aliphatic heterocycles. The van der Waals surface area contributed by atoms with E-state index in [9.17, 15) is 38.7 Å². The number of rotatable bonds is 12. The number of primary amides is 1. The molecular formula is C37H52N8O8S2. The van der Waals surface area contributed by atoms with Gasteiger partial charge in [0.2, 0.25) is 41.4 Å². The highest BCUT2D eigenvalue weighted by molar-refractivity contribution is 8.77. The average Bonchev–Trinajstić information content (AvgIpc) is 3.12. The highest BCUT2D eigenvalue weighted by Crippen LogP contribution is 2.46. The second-order valence-electron chi connectivity index (χ2n) is 14.7. The van der Waals surface area contributed by atoms with E-state index in [1.165, 1.54) is 22.9 Å². The van der Waals surface area contributed by atoms with Crippen LogP contribution in [0.25, 0.3) is 0 Å². The molecule has 0 aromatic heterocycles. The van der Waals surface area contributed by atoms with E-state index in [0.717, 1.165) is 10.8 Å². The van der Waals surface area contributed by atoms with Crippen LogP contribution in [0.4, 0.5) is 0 Å². The van der Waals surface area contributed by atoms with Gasteiger partial charge in [-0.1, -0.05) is 77.9 Å². The molecule has 55 heavy (non-hydrogen) atoms.